The van der Waals surface area contributed by atoms with Crippen molar-refractivity contribution >= 4 is 11.8 Å². The minimum absolute atomic E-state index is 0.158. The Morgan fingerprint density at radius 1 is 1.17 bits per heavy atom. The molecule has 0 heterocycles. The molecule has 0 radical (unpaired) electrons. The molecule has 4 unspecified atom stereocenters. The predicted molar refractivity (Wildman–Crippen MR) is 76.5 cm³/mol. The summed E-state index contributed by atoms with van der Waals surface area (Å²) in [5.74, 6) is 1.33. The summed E-state index contributed by atoms with van der Waals surface area (Å²) in [5.41, 5.74) is 0. The Labute approximate surface area is 114 Å². The summed E-state index contributed by atoms with van der Waals surface area (Å²) in [4.78, 5) is 1.17. The minimum atomic E-state index is -0.158. The van der Waals surface area contributed by atoms with Crippen molar-refractivity contribution < 1.29 is 4.39 Å². The molecule has 2 rings (SSSR count). The molecular formula is C15H22FNS. The Balaban J connectivity index is 2.08. The molecule has 1 N–H and O–H groups in total. The van der Waals surface area contributed by atoms with Gasteiger partial charge in [-0.25, -0.2) is 4.39 Å². The van der Waals surface area contributed by atoms with E-state index in [4.69, 9.17) is 0 Å². The van der Waals surface area contributed by atoms with Gasteiger partial charge < -0.3 is 5.32 Å². The molecule has 18 heavy (non-hydrogen) atoms. The number of thioether (sulfide) groups is 1. The lowest BCUT2D eigenvalue weighted by atomic mass is 9.80. The molecule has 0 saturated heterocycles. The molecule has 0 spiro atoms. The van der Waals surface area contributed by atoms with Gasteiger partial charge in [-0.2, -0.15) is 0 Å². The topological polar surface area (TPSA) is 12.0 Å². The van der Waals surface area contributed by atoms with Crippen molar-refractivity contribution in [1.29, 1.82) is 0 Å². The van der Waals surface area contributed by atoms with Gasteiger partial charge in [0.2, 0.25) is 0 Å². The number of benzene rings is 1. The van der Waals surface area contributed by atoms with E-state index >= 15 is 0 Å². The third-order valence-corrected chi connectivity index (χ3v) is 5.45. The zero-order chi connectivity index (χ0) is 13.1. The molecule has 1 nitrogen and oxygen atoms in total. The van der Waals surface area contributed by atoms with Crippen LogP contribution < -0.4 is 5.32 Å². The lowest BCUT2D eigenvalue weighted by Crippen LogP contribution is -2.44. The van der Waals surface area contributed by atoms with Crippen LogP contribution in [0.1, 0.15) is 26.7 Å². The molecule has 3 heteroatoms. The van der Waals surface area contributed by atoms with E-state index in [9.17, 15) is 4.39 Å². The minimum Gasteiger partial charge on any atom is -0.316 e. The average Bonchev–Trinajstić information content (AvgIpc) is 2.34. The van der Waals surface area contributed by atoms with E-state index in [1.165, 1.54) is 17.7 Å². The van der Waals surface area contributed by atoms with E-state index in [1.807, 2.05) is 30.9 Å². The lowest BCUT2D eigenvalue weighted by molar-refractivity contribution is 0.257. The zero-order valence-corrected chi connectivity index (χ0v) is 12.1. The highest BCUT2D eigenvalue weighted by molar-refractivity contribution is 8.00. The summed E-state index contributed by atoms with van der Waals surface area (Å²) in [6, 6.07) is 7.42. The van der Waals surface area contributed by atoms with Gasteiger partial charge in [-0.15, -0.1) is 11.8 Å². The highest BCUT2D eigenvalue weighted by Gasteiger charge is 2.33. The highest BCUT2D eigenvalue weighted by Crippen LogP contribution is 2.39. The third kappa shape index (κ3) is 3.27. The summed E-state index contributed by atoms with van der Waals surface area (Å²) in [6.45, 7) is 4.67. The van der Waals surface area contributed by atoms with Crippen LogP contribution in [0.15, 0.2) is 29.2 Å². The maximum atomic E-state index is 12.9. The van der Waals surface area contributed by atoms with Gasteiger partial charge in [0.25, 0.3) is 0 Å². The van der Waals surface area contributed by atoms with Crippen LogP contribution in [0.5, 0.6) is 0 Å². The summed E-state index contributed by atoms with van der Waals surface area (Å²) >= 11 is 1.89. The second kappa shape index (κ2) is 6.07. The molecule has 1 aromatic carbocycles. The Bertz CT molecular complexity index is 379. The van der Waals surface area contributed by atoms with Gasteiger partial charge in [0.1, 0.15) is 5.82 Å². The molecule has 0 aliphatic heterocycles. The van der Waals surface area contributed by atoms with Crippen LogP contribution in [0.3, 0.4) is 0 Å². The van der Waals surface area contributed by atoms with Crippen LogP contribution in [-0.2, 0) is 0 Å². The number of halogens is 1. The van der Waals surface area contributed by atoms with Gasteiger partial charge in [-0.05, 0) is 56.0 Å². The van der Waals surface area contributed by atoms with E-state index in [0.717, 1.165) is 5.92 Å². The van der Waals surface area contributed by atoms with Gasteiger partial charge in [-0.1, -0.05) is 13.8 Å². The first kappa shape index (κ1) is 13.9. The van der Waals surface area contributed by atoms with Crippen molar-refractivity contribution in [3.8, 4) is 0 Å². The van der Waals surface area contributed by atoms with Crippen LogP contribution in [0.4, 0.5) is 4.39 Å². The second-order valence-electron chi connectivity index (χ2n) is 5.49. The average molecular weight is 267 g/mol. The maximum Gasteiger partial charge on any atom is 0.123 e. The first-order valence-electron chi connectivity index (χ1n) is 6.69. The number of hydrogen-bond donors (Lipinski definition) is 1. The number of hydrogen-bond acceptors (Lipinski definition) is 2. The fourth-order valence-corrected chi connectivity index (χ4v) is 4.34. The van der Waals surface area contributed by atoms with E-state index in [0.29, 0.717) is 17.2 Å². The zero-order valence-electron chi connectivity index (χ0n) is 11.3. The Kier molecular flexibility index (Phi) is 4.68. The van der Waals surface area contributed by atoms with Crippen molar-refractivity contribution in [2.45, 2.75) is 42.9 Å². The first-order valence-corrected chi connectivity index (χ1v) is 7.57. The summed E-state index contributed by atoms with van der Waals surface area (Å²) in [5, 5.41) is 4.03. The summed E-state index contributed by atoms with van der Waals surface area (Å²) in [6.07, 6.45) is 2.52. The molecule has 4 atom stereocenters. The van der Waals surface area contributed by atoms with Crippen LogP contribution in [0, 0.1) is 17.7 Å². The molecule has 1 aromatic rings. The molecule has 1 aliphatic carbocycles. The molecular weight excluding hydrogens is 245 g/mol. The predicted octanol–water partition coefficient (Wildman–Crippen LogP) is 3.94. The fourth-order valence-electron chi connectivity index (χ4n) is 2.98. The van der Waals surface area contributed by atoms with Crippen molar-refractivity contribution in [3.05, 3.63) is 30.1 Å². The second-order valence-corrected chi connectivity index (χ2v) is 6.74. The smallest absolute Gasteiger partial charge is 0.123 e. The van der Waals surface area contributed by atoms with E-state index < -0.39 is 0 Å². The largest absolute Gasteiger partial charge is 0.316 e. The molecule has 0 amide bonds. The van der Waals surface area contributed by atoms with Gasteiger partial charge >= 0.3 is 0 Å². The van der Waals surface area contributed by atoms with Crippen molar-refractivity contribution in [2.75, 3.05) is 7.05 Å². The third-order valence-electron chi connectivity index (χ3n) is 3.84. The Hall–Kier alpha value is -0.540. The molecule has 0 bridgehead atoms. The maximum absolute atomic E-state index is 12.9. The van der Waals surface area contributed by atoms with E-state index in [-0.39, 0.29) is 5.82 Å². The van der Waals surface area contributed by atoms with Gasteiger partial charge in [0.05, 0.1) is 0 Å². The molecule has 1 aliphatic rings. The van der Waals surface area contributed by atoms with E-state index in [2.05, 4.69) is 19.2 Å². The molecule has 1 saturated carbocycles. The molecule has 100 valence electrons. The van der Waals surface area contributed by atoms with Crippen LogP contribution in [0.25, 0.3) is 0 Å². The monoisotopic (exact) mass is 267 g/mol. The van der Waals surface area contributed by atoms with Crippen LogP contribution in [-0.4, -0.2) is 18.3 Å². The van der Waals surface area contributed by atoms with Gasteiger partial charge in [0.15, 0.2) is 0 Å². The van der Waals surface area contributed by atoms with Gasteiger partial charge in [-0.3, -0.25) is 0 Å². The van der Waals surface area contributed by atoms with Gasteiger partial charge in [0, 0.05) is 16.2 Å². The Morgan fingerprint density at radius 2 is 1.83 bits per heavy atom. The lowest BCUT2D eigenvalue weighted by Gasteiger charge is -2.39. The summed E-state index contributed by atoms with van der Waals surface area (Å²) < 4.78 is 12.9. The van der Waals surface area contributed by atoms with Crippen LogP contribution >= 0.6 is 11.8 Å². The molecule has 0 aromatic heterocycles. The number of rotatable bonds is 3. The van der Waals surface area contributed by atoms with Crippen molar-refractivity contribution in [2.24, 2.45) is 11.8 Å². The number of nitrogens with one attached hydrogen (secondary N) is 1. The van der Waals surface area contributed by atoms with Crippen molar-refractivity contribution in [1.82, 2.24) is 5.32 Å². The SMILES string of the molecule is CNC1CC(C)CC(C)C1Sc1ccc(F)cc1. The van der Waals surface area contributed by atoms with Crippen molar-refractivity contribution in [3.63, 3.8) is 0 Å². The first-order chi connectivity index (χ1) is 8.60. The highest BCUT2D eigenvalue weighted by atomic mass is 32.2. The van der Waals surface area contributed by atoms with E-state index in [1.54, 1.807) is 12.1 Å². The van der Waals surface area contributed by atoms with Crippen LogP contribution in [0.2, 0.25) is 0 Å². The Morgan fingerprint density at radius 3 is 2.44 bits per heavy atom. The standard InChI is InChI=1S/C15H22FNS/c1-10-8-11(2)15(14(9-10)17-3)18-13-6-4-12(16)5-7-13/h4-7,10-11,14-15,17H,8-9H2,1-3H3. The summed E-state index contributed by atoms with van der Waals surface area (Å²) in [7, 11) is 2.05. The quantitative estimate of drug-likeness (QED) is 0.890. The molecule has 1 fully saturated rings. The normalized spacial score (nSPS) is 32.4. The fraction of sp³-hybridized carbons (Fsp3) is 0.600.